The molecule has 0 atom stereocenters. The third-order valence-corrected chi connectivity index (χ3v) is 6.93. The Labute approximate surface area is 77.5 Å². The predicted octanol–water partition coefficient (Wildman–Crippen LogP) is 2.17. The van der Waals surface area contributed by atoms with Gasteiger partial charge in [0.2, 0.25) is 0 Å². The summed E-state index contributed by atoms with van der Waals surface area (Å²) in [4.78, 5) is 0. The van der Waals surface area contributed by atoms with Crippen molar-refractivity contribution >= 4 is 11.3 Å². The first-order valence-electron chi connectivity index (χ1n) is 3.35. The van der Waals surface area contributed by atoms with Gasteiger partial charge in [-0.3, -0.25) is 0 Å². The number of aryl methyl sites for hydroxylation is 2. The van der Waals surface area contributed by atoms with Crippen LogP contribution < -0.4 is 3.07 Å². The SMILES string of the molecule is Cc1cc(C)c[c]([Hg][Cl])c1. The van der Waals surface area contributed by atoms with E-state index in [1.54, 1.807) is 0 Å². The molecule has 0 radical (unpaired) electrons. The van der Waals surface area contributed by atoms with Gasteiger partial charge in [-0.05, 0) is 0 Å². The van der Waals surface area contributed by atoms with Crippen LogP contribution in [0, 0.1) is 13.8 Å². The fourth-order valence-corrected chi connectivity index (χ4v) is 5.60. The van der Waals surface area contributed by atoms with E-state index < -0.39 is 23.3 Å². The normalized spacial score (nSPS) is 9.10. The van der Waals surface area contributed by atoms with Gasteiger partial charge in [0.25, 0.3) is 0 Å². The Morgan fingerprint density at radius 2 is 1.60 bits per heavy atom. The molecule has 0 heterocycles. The Hall–Kier alpha value is 0.445. The molecule has 0 aliphatic carbocycles. The molecule has 1 rings (SSSR count). The maximum atomic E-state index is 5.89. The quantitative estimate of drug-likeness (QED) is 0.687. The zero-order chi connectivity index (χ0) is 7.56. The van der Waals surface area contributed by atoms with Gasteiger partial charge in [0.1, 0.15) is 0 Å². The second-order valence-corrected chi connectivity index (χ2v) is 9.19. The monoisotopic (exact) mass is 342 g/mol. The van der Waals surface area contributed by atoms with Crippen molar-refractivity contribution in [1.82, 2.24) is 0 Å². The molecule has 10 heavy (non-hydrogen) atoms. The van der Waals surface area contributed by atoms with E-state index in [1.807, 2.05) is 0 Å². The van der Waals surface area contributed by atoms with Crippen LogP contribution in [0.1, 0.15) is 11.1 Å². The zero-order valence-electron chi connectivity index (χ0n) is 6.32. The Balaban J connectivity index is 3.06. The van der Waals surface area contributed by atoms with E-state index in [0.717, 1.165) is 0 Å². The molecule has 0 aromatic heterocycles. The first-order valence-corrected chi connectivity index (χ1v) is 12.9. The second kappa shape index (κ2) is 3.73. The molecule has 0 amide bonds. The fraction of sp³-hybridized carbons (Fsp3) is 0.250. The van der Waals surface area contributed by atoms with E-state index in [1.165, 1.54) is 14.2 Å². The molecule has 0 nitrogen and oxygen atoms in total. The molecule has 0 unspecified atom stereocenters. The van der Waals surface area contributed by atoms with E-state index in [2.05, 4.69) is 32.0 Å². The molecule has 0 fully saturated rings. The minimum absolute atomic E-state index is 1.14. The van der Waals surface area contributed by atoms with Crippen LogP contribution in [-0.4, -0.2) is 0 Å². The van der Waals surface area contributed by atoms with Gasteiger partial charge in [0, 0.05) is 0 Å². The number of benzene rings is 1. The molecule has 1 aromatic carbocycles. The third-order valence-electron chi connectivity index (χ3n) is 1.44. The predicted molar refractivity (Wildman–Crippen MR) is 41.4 cm³/mol. The average Bonchev–Trinajstić information content (AvgIpc) is 1.85. The van der Waals surface area contributed by atoms with Gasteiger partial charge in [-0.15, -0.1) is 0 Å². The molecule has 1 aromatic rings. The summed E-state index contributed by atoms with van der Waals surface area (Å²) in [5.74, 6) is 0. The number of hydrogen-bond donors (Lipinski definition) is 0. The molecule has 50 valence electrons. The van der Waals surface area contributed by atoms with Crippen LogP contribution in [0.3, 0.4) is 0 Å². The first-order chi connectivity index (χ1) is 4.72. The molecule has 0 saturated heterocycles. The van der Waals surface area contributed by atoms with Gasteiger partial charge in [-0.1, -0.05) is 0 Å². The molecule has 2 heteroatoms. The third kappa shape index (κ3) is 2.24. The summed E-state index contributed by atoms with van der Waals surface area (Å²) >= 11 is -1.14. The van der Waals surface area contributed by atoms with Crippen molar-refractivity contribution in [3.8, 4) is 0 Å². The molecule has 0 bridgehead atoms. The van der Waals surface area contributed by atoms with Gasteiger partial charge in [0.15, 0.2) is 0 Å². The minimum atomic E-state index is -1.14. The summed E-state index contributed by atoms with van der Waals surface area (Å²) in [6.45, 7) is 4.24. The summed E-state index contributed by atoms with van der Waals surface area (Å²) in [7, 11) is 5.89. The average molecular weight is 341 g/mol. The van der Waals surface area contributed by atoms with E-state index in [4.69, 9.17) is 8.25 Å². The van der Waals surface area contributed by atoms with Crippen molar-refractivity contribution in [3.63, 3.8) is 0 Å². The van der Waals surface area contributed by atoms with Gasteiger partial charge >= 0.3 is 77.8 Å². The van der Waals surface area contributed by atoms with Crippen molar-refractivity contribution in [2.45, 2.75) is 13.8 Å². The van der Waals surface area contributed by atoms with Gasteiger partial charge in [0.05, 0.1) is 0 Å². The van der Waals surface area contributed by atoms with Crippen LogP contribution in [0.5, 0.6) is 0 Å². The Kier molecular flexibility index (Phi) is 3.18. The maximum absolute atomic E-state index is 5.89. The van der Waals surface area contributed by atoms with Crippen LogP contribution in [0.4, 0.5) is 0 Å². The van der Waals surface area contributed by atoms with Gasteiger partial charge < -0.3 is 0 Å². The summed E-state index contributed by atoms with van der Waals surface area (Å²) in [5.41, 5.74) is 2.69. The van der Waals surface area contributed by atoms with Crippen molar-refractivity contribution in [1.29, 1.82) is 0 Å². The van der Waals surface area contributed by atoms with Crippen molar-refractivity contribution < 1.29 is 23.3 Å². The standard InChI is InChI=1S/C8H9.ClH.Hg/c1-7-4-3-5-8(2)6-7;;/h4-6H,1-2H3;1H;/q;;+1/p-1. The summed E-state index contributed by atoms with van der Waals surface area (Å²) in [5, 5.41) is 0. The first kappa shape index (κ1) is 8.54. The molecular weight excluding hydrogens is 332 g/mol. The Bertz CT molecular complexity index is 212. The van der Waals surface area contributed by atoms with Crippen molar-refractivity contribution in [2.24, 2.45) is 0 Å². The molecule has 0 spiro atoms. The van der Waals surface area contributed by atoms with Crippen LogP contribution >= 0.6 is 8.25 Å². The molecule has 0 N–H and O–H groups in total. The summed E-state index contributed by atoms with van der Waals surface area (Å²) < 4.78 is 1.43. The van der Waals surface area contributed by atoms with Crippen molar-refractivity contribution in [3.05, 3.63) is 29.3 Å². The van der Waals surface area contributed by atoms with Crippen LogP contribution in [0.15, 0.2) is 18.2 Å². The summed E-state index contributed by atoms with van der Waals surface area (Å²) in [6.07, 6.45) is 0. The van der Waals surface area contributed by atoms with Gasteiger partial charge in [-0.2, -0.15) is 0 Å². The second-order valence-electron chi connectivity index (χ2n) is 2.63. The topological polar surface area (TPSA) is 0 Å². The Morgan fingerprint density at radius 3 is 2.00 bits per heavy atom. The van der Waals surface area contributed by atoms with Gasteiger partial charge in [-0.25, -0.2) is 0 Å². The molecule has 0 saturated carbocycles. The van der Waals surface area contributed by atoms with E-state index in [-0.39, 0.29) is 0 Å². The van der Waals surface area contributed by atoms with E-state index in [0.29, 0.717) is 0 Å². The Morgan fingerprint density at radius 1 is 1.10 bits per heavy atom. The molecular formula is C8H9ClHg. The number of halogens is 1. The molecule has 0 aliphatic heterocycles. The summed E-state index contributed by atoms with van der Waals surface area (Å²) in [6, 6.07) is 6.60. The number of rotatable bonds is 1. The van der Waals surface area contributed by atoms with Crippen LogP contribution in [0.25, 0.3) is 0 Å². The fourth-order valence-electron chi connectivity index (χ4n) is 1.15. The van der Waals surface area contributed by atoms with E-state index >= 15 is 0 Å². The number of hydrogen-bond acceptors (Lipinski definition) is 0. The van der Waals surface area contributed by atoms with Crippen LogP contribution in [0.2, 0.25) is 0 Å². The van der Waals surface area contributed by atoms with E-state index in [9.17, 15) is 0 Å². The van der Waals surface area contributed by atoms with Crippen LogP contribution in [-0.2, 0) is 23.3 Å². The zero-order valence-corrected chi connectivity index (χ0v) is 12.6. The van der Waals surface area contributed by atoms with Crippen molar-refractivity contribution in [2.75, 3.05) is 0 Å². The molecule has 0 aliphatic rings.